The SMILES string of the molecule is O=C(Cn1cc(C(=O)NC2CCNCC2)cn1)NC1CCCCC1. The smallest absolute Gasteiger partial charge is 0.254 e. The zero-order chi connectivity index (χ0) is 16.8. The predicted molar refractivity (Wildman–Crippen MR) is 90.6 cm³/mol. The van der Waals surface area contributed by atoms with E-state index < -0.39 is 0 Å². The molecule has 0 atom stereocenters. The van der Waals surface area contributed by atoms with Gasteiger partial charge >= 0.3 is 0 Å². The third-order valence-corrected chi connectivity index (χ3v) is 4.85. The fourth-order valence-electron chi connectivity index (χ4n) is 3.47. The molecule has 0 spiro atoms. The second-order valence-corrected chi connectivity index (χ2v) is 6.83. The van der Waals surface area contributed by atoms with Crippen molar-refractivity contribution < 1.29 is 9.59 Å². The predicted octanol–water partition coefficient (Wildman–Crippen LogP) is 0.814. The van der Waals surface area contributed by atoms with Crippen LogP contribution in [0.5, 0.6) is 0 Å². The minimum absolute atomic E-state index is 0.0321. The molecule has 2 amide bonds. The molecule has 2 fully saturated rings. The lowest BCUT2D eigenvalue weighted by Gasteiger charge is -2.23. The van der Waals surface area contributed by atoms with Crippen molar-refractivity contribution >= 4 is 11.8 Å². The van der Waals surface area contributed by atoms with Gasteiger partial charge in [-0.3, -0.25) is 14.3 Å². The monoisotopic (exact) mass is 333 g/mol. The van der Waals surface area contributed by atoms with Crippen LogP contribution in [0.2, 0.25) is 0 Å². The Labute approximate surface area is 142 Å². The lowest BCUT2D eigenvalue weighted by molar-refractivity contribution is -0.122. The van der Waals surface area contributed by atoms with Gasteiger partial charge in [0, 0.05) is 18.3 Å². The molecule has 1 aromatic rings. The highest BCUT2D eigenvalue weighted by atomic mass is 16.2. The fourth-order valence-corrected chi connectivity index (χ4v) is 3.47. The van der Waals surface area contributed by atoms with Crippen LogP contribution in [0.15, 0.2) is 12.4 Å². The average molecular weight is 333 g/mol. The minimum Gasteiger partial charge on any atom is -0.352 e. The summed E-state index contributed by atoms with van der Waals surface area (Å²) in [5.41, 5.74) is 0.513. The molecule has 0 radical (unpaired) electrons. The molecule has 24 heavy (non-hydrogen) atoms. The number of aromatic nitrogens is 2. The highest BCUT2D eigenvalue weighted by Crippen LogP contribution is 2.17. The first-order valence-electron chi connectivity index (χ1n) is 9.04. The summed E-state index contributed by atoms with van der Waals surface area (Å²) < 4.78 is 1.54. The van der Waals surface area contributed by atoms with Crippen LogP contribution in [-0.2, 0) is 11.3 Å². The summed E-state index contributed by atoms with van der Waals surface area (Å²) in [7, 11) is 0. The normalized spacial score (nSPS) is 19.8. The Morgan fingerprint density at radius 3 is 2.54 bits per heavy atom. The van der Waals surface area contributed by atoms with Crippen molar-refractivity contribution in [1.29, 1.82) is 0 Å². The lowest BCUT2D eigenvalue weighted by atomic mass is 9.95. The van der Waals surface area contributed by atoms with Gasteiger partial charge in [-0.15, -0.1) is 0 Å². The van der Waals surface area contributed by atoms with E-state index in [0.717, 1.165) is 38.8 Å². The molecule has 0 unspecified atom stereocenters. The molecular formula is C17H27N5O2. The summed E-state index contributed by atoms with van der Waals surface area (Å²) in [5.74, 6) is -0.142. The Morgan fingerprint density at radius 2 is 1.79 bits per heavy atom. The number of carbonyl (C=O) groups excluding carboxylic acids is 2. The molecule has 1 saturated heterocycles. The molecule has 132 valence electrons. The van der Waals surface area contributed by atoms with Crippen LogP contribution in [-0.4, -0.2) is 46.8 Å². The summed E-state index contributed by atoms with van der Waals surface area (Å²) in [6, 6.07) is 0.515. The van der Waals surface area contributed by atoms with Gasteiger partial charge < -0.3 is 16.0 Å². The quantitative estimate of drug-likeness (QED) is 0.744. The molecule has 0 bridgehead atoms. The van der Waals surface area contributed by atoms with Crippen molar-refractivity contribution in [2.24, 2.45) is 0 Å². The lowest BCUT2D eigenvalue weighted by Crippen LogP contribution is -2.42. The first kappa shape index (κ1) is 17.0. The molecule has 2 aliphatic rings. The van der Waals surface area contributed by atoms with Gasteiger partial charge in [0.2, 0.25) is 5.91 Å². The van der Waals surface area contributed by atoms with Crippen LogP contribution in [0.4, 0.5) is 0 Å². The van der Waals surface area contributed by atoms with E-state index in [1.54, 1.807) is 6.20 Å². The third kappa shape index (κ3) is 4.80. The van der Waals surface area contributed by atoms with E-state index in [2.05, 4.69) is 21.0 Å². The minimum atomic E-state index is -0.110. The maximum absolute atomic E-state index is 12.2. The summed E-state index contributed by atoms with van der Waals surface area (Å²) in [5, 5.41) is 13.5. The second-order valence-electron chi connectivity index (χ2n) is 6.83. The van der Waals surface area contributed by atoms with Gasteiger partial charge in [-0.25, -0.2) is 0 Å². The van der Waals surface area contributed by atoms with Crippen molar-refractivity contribution in [2.75, 3.05) is 13.1 Å². The zero-order valence-electron chi connectivity index (χ0n) is 14.1. The van der Waals surface area contributed by atoms with Gasteiger partial charge in [0.05, 0.1) is 11.8 Å². The van der Waals surface area contributed by atoms with E-state index >= 15 is 0 Å². The van der Waals surface area contributed by atoms with Crippen LogP contribution in [0.25, 0.3) is 0 Å². The first-order chi connectivity index (χ1) is 11.7. The van der Waals surface area contributed by atoms with Gasteiger partial charge in [0.1, 0.15) is 6.54 Å². The zero-order valence-corrected chi connectivity index (χ0v) is 14.1. The van der Waals surface area contributed by atoms with E-state index in [9.17, 15) is 9.59 Å². The van der Waals surface area contributed by atoms with Gasteiger partial charge in [0.25, 0.3) is 5.91 Å². The van der Waals surface area contributed by atoms with E-state index in [0.29, 0.717) is 11.6 Å². The van der Waals surface area contributed by atoms with Crippen LogP contribution in [0.3, 0.4) is 0 Å². The van der Waals surface area contributed by atoms with Crippen molar-refractivity contribution in [1.82, 2.24) is 25.7 Å². The Balaban J connectivity index is 1.47. The van der Waals surface area contributed by atoms with Crippen LogP contribution in [0, 0.1) is 0 Å². The number of hydrogen-bond acceptors (Lipinski definition) is 4. The number of nitrogens with zero attached hydrogens (tertiary/aromatic N) is 2. The molecule has 3 rings (SSSR count). The molecule has 7 nitrogen and oxygen atoms in total. The van der Waals surface area contributed by atoms with Crippen molar-refractivity contribution in [3.8, 4) is 0 Å². The van der Waals surface area contributed by atoms with E-state index in [1.807, 2.05) is 0 Å². The van der Waals surface area contributed by atoms with Crippen molar-refractivity contribution in [2.45, 2.75) is 63.6 Å². The molecule has 3 N–H and O–H groups in total. The number of hydrogen-bond donors (Lipinski definition) is 3. The standard InChI is InChI=1S/C17H27N5O2/c23-16(20-14-4-2-1-3-5-14)12-22-11-13(10-19-22)17(24)21-15-6-8-18-9-7-15/h10-11,14-15,18H,1-9,12H2,(H,20,23)(H,21,24). The number of piperidine rings is 1. The molecule has 2 heterocycles. The fraction of sp³-hybridized carbons (Fsp3) is 0.706. The van der Waals surface area contributed by atoms with E-state index in [4.69, 9.17) is 0 Å². The van der Waals surface area contributed by atoms with E-state index in [-0.39, 0.29) is 24.4 Å². The molecule has 7 heteroatoms. The average Bonchev–Trinajstić information content (AvgIpc) is 3.05. The molecule has 1 aliphatic heterocycles. The van der Waals surface area contributed by atoms with E-state index in [1.165, 1.54) is 30.1 Å². The van der Waals surface area contributed by atoms with Gasteiger partial charge in [0.15, 0.2) is 0 Å². The molecule has 1 aliphatic carbocycles. The third-order valence-electron chi connectivity index (χ3n) is 4.85. The summed E-state index contributed by atoms with van der Waals surface area (Å²) in [6.45, 7) is 2.04. The van der Waals surface area contributed by atoms with Crippen LogP contribution >= 0.6 is 0 Å². The summed E-state index contributed by atoms with van der Waals surface area (Å²) in [4.78, 5) is 24.3. The number of carbonyl (C=O) groups is 2. The maximum atomic E-state index is 12.2. The Bertz CT molecular complexity index is 559. The Morgan fingerprint density at radius 1 is 1.08 bits per heavy atom. The summed E-state index contributed by atoms with van der Waals surface area (Å²) >= 11 is 0. The van der Waals surface area contributed by atoms with Gasteiger partial charge in [-0.05, 0) is 38.8 Å². The summed E-state index contributed by atoms with van der Waals surface area (Å²) in [6.07, 6.45) is 10.8. The highest BCUT2D eigenvalue weighted by molar-refractivity contribution is 5.94. The second kappa shape index (κ2) is 8.28. The van der Waals surface area contributed by atoms with Crippen molar-refractivity contribution in [3.63, 3.8) is 0 Å². The number of nitrogens with one attached hydrogen (secondary N) is 3. The topological polar surface area (TPSA) is 88.1 Å². The molecular weight excluding hydrogens is 306 g/mol. The van der Waals surface area contributed by atoms with Crippen LogP contribution < -0.4 is 16.0 Å². The Hall–Kier alpha value is -1.89. The first-order valence-corrected chi connectivity index (χ1v) is 9.04. The largest absolute Gasteiger partial charge is 0.352 e. The number of rotatable bonds is 5. The molecule has 1 aromatic heterocycles. The highest BCUT2D eigenvalue weighted by Gasteiger charge is 2.19. The van der Waals surface area contributed by atoms with Gasteiger partial charge in [-0.1, -0.05) is 19.3 Å². The van der Waals surface area contributed by atoms with Gasteiger partial charge in [-0.2, -0.15) is 5.10 Å². The molecule has 0 aromatic carbocycles. The number of amides is 2. The van der Waals surface area contributed by atoms with Crippen molar-refractivity contribution in [3.05, 3.63) is 18.0 Å². The van der Waals surface area contributed by atoms with Crippen LogP contribution in [0.1, 0.15) is 55.3 Å². The Kier molecular flexibility index (Phi) is 5.85. The molecule has 1 saturated carbocycles. The maximum Gasteiger partial charge on any atom is 0.254 e.